The number of nitrogens with zero attached hydrogens (tertiary/aromatic N) is 2. The highest BCUT2D eigenvalue weighted by molar-refractivity contribution is 7.98. The van der Waals surface area contributed by atoms with Crippen LogP contribution in [0.4, 0.5) is 0 Å². The number of ether oxygens (including phenoxy) is 1. The number of thioether (sulfide) groups is 1. The van der Waals surface area contributed by atoms with Crippen molar-refractivity contribution in [3.63, 3.8) is 0 Å². The van der Waals surface area contributed by atoms with Crippen molar-refractivity contribution in [3.05, 3.63) is 34.8 Å². The monoisotopic (exact) mass is 277 g/mol. The van der Waals surface area contributed by atoms with Gasteiger partial charge in [0, 0.05) is 28.8 Å². The molecule has 3 rings (SSSR count). The molecule has 1 N–H and O–H groups in total. The zero-order valence-electron chi connectivity index (χ0n) is 9.71. The molecular weight excluding hydrogens is 266 g/mol. The first-order chi connectivity index (χ1) is 8.85. The zero-order chi connectivity index (χ0) is 12.4. The van der Waals surface area contributed by atoms with Crippen LogP contribution in [0, 0.1) is 0 Å². The number of rotatable bonds is 4. The van der Waals surface area contributed by atoms with E-state index in [-0.39, 0.29) is 0 Å². The summed E-state index contributed by atoms with van der Waals surface area (Å²) < 4.78 is 5.17. The van der Waals surface area contributed by atoms with E-state index in [9.17, 15) is 0 Å². The molecule has 18 heavy (non-hydrogen) atoms. The van der Waals surface area contributed by atoms with Gasteiger partial charge in [-0.15, -0.1) is 11.3 Å². The average molecular weight is 277 g/mol. The first-order valence-electron chi connectivity index (χ1n) is 5.39. The van der Waals surface area contributed by atoms with Crippen LogP contribution in [0.3, 0.4) is 0 Å². The topological polar surface area (TPSA) is 50.8 Å². The minimum absolute atomic E-state index is 0.775. The molecule has 0 atom stereocenters. The van der Waals surface area contributed by atoms with Crippen molar-refractivity contribution in [1.82, 2.24) is 15.0 Å². The number of nitrogens with one attached hydrogen (secondary N) is 1. The first-order valence-corrected chi connectivity index (χ1v) is 7.31. The zero-order valence-corrected chi connectivity index (χ0v) is 11.3. The van der Waals surface area contributed by atoms with E-state index in [1.807, 2.05) is 17.5 Å². The average Bonchev–Trinajstić information content (AvgIpc) is 2.97. The number of H-pyrrole nitrogens is 1. The molecule has 3 aromatic rings. The number of pyridine rings is 1. The van der Waals surface area contributed by atoms with E-state index in [4.69, 9.17) is 4.74 Å². The summed E-state index contributed by atoms with van der Waals surface area (Å²) in [4.78, 5) is 12.1. The molecule has 0 unspecified atom stereocenters. The second-order valence-electron chi connectivity index (χ2n) is 3.69. The fraction of sp³-hybridized carbons (Fsp3) is 0.167. The lowest BCUT2D eigenvalue weighted by atomic mass is 10.3. The SMILES string of the molecule is COc1ccnc(CSc2nc3cscc3[nH]2)c1. The van der Waals surface area contributed by atoms with E-state index in [0.717, 1.165) is 33.4 Å². The molecule has 3 heterocycles. The van der Waals surface area contributed by atoms with Gasteiger partial charge in [0.1, 0.15) is 11.3 Å². The molecule has 0 aliphatic heterocycles. The molecule has 4 nitrogen and oxygen atoms in total. The summed E-state index contributed by atoms with van der Waals surface area (Å²) in [6, 6.07) is 3.79. The summed E-state index contributed by atoms with van der Waals surface area (Å²) in [5, 5.41) is 5.04. The largest absolute Gasteiger partial charge is 0.497 e. The van der Waals surface area contributed by atoms with Gasteiger partial charge in [-0.2, -0.15) is 0 Å². The number of hydrogen-bond donors (Lipinski definition) is 1. The number of imidazole rings is 1. The van der Waals surface area contributed by atoms with Crippen LogP contribution in [-0.2, 0) is 5.75 Å². The Morgan fingerprint density at radius 1 is 1.44 bits per heavy atom. The van der Waals surface area contributed by atoms with Crippen molar-refractivity contribution in [1.29, 1.82) is 0 Å². The van der Waals surface area contributed by atoms with Crippen molar-refractivity contribution in [3.8, 4) is 5.75 Å². The molecule has 3 aromatic heterocycles. The fourth-order valence-corrected chi connectivity index (χ4v) is 3.08. The van der Waals surface area contributed by atoms with Gasteiger partial charge < -0.3 is 9.72 Å². The second kappa shape index (κ2) is 4.99. The maximum atomic E-state index is 5.17. The number of methoxy groups -OCH3 is 1. The summed E-state index contributed by atoms with van der Waals surface area (Å²) in [5.41, 5.74) is 3.11. The molecule has 0 aliphatic carbocycles. The van der Waals surface area contributed by atoms with Gasteiger partial charge in [-0.05, 0) is 6.07 Å². The Labute approximate surface area is 112 Å². The highest BCUT2D eigenvalue weighted by Crippen LogP contribution is 2.25. The summed E-state index contributed by atoms with van der Waals surface area (Å²) >= 11 is 3.30. The maximum Gasteiger partial charge on any atom is 0.166 e. The van der Waals surface area contributed by atoms with Crippen molar-refractivity contribution >= 4 is 34.1 Å². The smallest absolute Gasteiger partial charge is 0.166 e. The molecule has 0 amide bonds. The van der Waals surface area contributed by atoms with Crippen molar-refractivity contribution < 1.29 is 4.74 Å². The third kappa shape index (κ3) is 2.34. The number of hydrogen-bond acceptors (Lipinski definition) is 5. The number of aromatic nitrogens is 3. The molecule has 92 valence electrons. The highest BCUT2D eigenvalue weighted by Gasteiger charge is 2.05. The summed E-state index contributed by atoms with van der Waals surface area (Å²) in [6.07, 6.45) is 1.76. The maximum absolute atomic E-state index is 5.17. The Morgan fingerprint density at radius 2 is 2.39 bits per heavy atom. The van der Waals surface area contributed by atoms with Gasteiger partial charge >= 0.3 is 0 Å². The number of thiophene rings is 1. The van der Waals surface area contributed by atoms with Gasteiger partial charge in [-0.1, -0.05) is 11.8 Å². The molecule has 0 radical (unpaired) electrons. The van der Waals surface area contributed by atoms with Crippen molar-refractivity contribution in [2.45, 2.75) is 10.9 Å². The third-order valence-electron chi connectivity index (χ3n) is 2.49. The summed E-state index contributed by atoms with van der Waals surface area (Å²) in [5.74, 6) is 1.61. The Kier molecular flexibility index (Phi) is 3.21. The van der Waals surface area contributed by atoms with Gasteiger partial charge in [0.05, 0.1) is 18.3 Å². The number of fused-ring (bicyclic) bond motifs is 1. The van der Waals surface area contributed by atoms with E-state index < -0.39 is 0 Å². The van der Waals surface area contributed by atoms with Crippen LogP contribution in [-0.4, -0.2) is 22.1 Å². The Balaban J connectivity index is 1.71. The van der Waals surface area contributed by atoms with Crippen LogP contribution in [0.5, 0.6) is 5.75 Å². The van der Waals surface area contributed by atoms with E-state index >= 15 is 0 Å². The molecule has 0 fully saturated rings. The second-order valence-corrected chi connectivity index (χ2v) is 5.40. The van der Waals surface area contributed by atoms with Crippen LogP contribution in [0.15, 0.2) is 34.2 Å². The molecule has 0 saturated heterocycles. The van der Waals surface area contributed by atoms with Crippen LogP contribution in [0.25, 0.3) is 11.0 Å². The predicted molar refractivity (Wildman–Crippen MR) is 74.3 cm³/mol. The molecular formula is C12H11N3OS2. The lowest BCUT2D eigenvalue weighted by Crippen LogP contribution is -1.89. The first kappa shape index (κ1) is 11.6. The molecule has 0 spiro atoms. The van der Waals surface area contributed by atoms with Gasteiger partial charge in [0.2, 0.25) is 0 Å². The quantitative estimate of drug-likeness (QED) is 0.743. The lowest BCUT2D eigenvalue weighted by molar-refractivity contribution is 0.413. The van der Waals surface area contributed by atoms with Crippen LogP contribution < -0.4 is 4.74 Å². The van der Waals surface area contributed by atoms with Crippen LogP contribution in [0.1, 0.15) is 5.69 Å². The molecule has 0 saturated carbocycles. The minimum atomic E-state index is 0.775. The van der Waals surface area contributed by atoms with E-state index in [1.54, 1.807) is 36.4 Å². The molecule has 6 heteroatoms. The standard InChI is InChI=1S/C12H11N3OS2/c1-16-9-2-3-13-8(4-9)5-18-12-14-10-6-17-7-11(10)15-12/h2-4,6-7H,5H2,1H3,(H,14,15). The fourth-order valence-electron chi connectivity index (χ4n) is 1.60. The summed E-state index contributed by atoms with van der Waals surface area (Å²) in [7, 11) is 1.66. The van der Waals surface area contributed by atoms with Gasteiger partial charge in [-0.25, -0.2) is 4.98 Å². The van der Waals surface area contributed by atoms with Gasteiger partial charge in [-0.3, -0.25) is 4.98 Å². The van der Waals surface area contributed by atoms with E-state index in [1.165, 1.54) is 0 Å². The third-order valence-corrected chi connectivity index (χ3v) is 4.12. The Hall–Kier alpha value is -1.53. The lowest BCUT2D eigenvalue weighted by Gasteiger charge is -2.02. The van der Waals surface area contributed by atoms with Crippen LogP contribution >= 0.6 is 23.1 Å². The molecule has 0 bridgehead atoms. The van der Waals surface area contributed by atoms with E-state index in [0.29, 0.717) is 0 Å². The van der Waals surface area contributed by atoms with Crippen molar-refractivity contribution in [2.24, 2.45) is 0 Å². The van der Waals surface area contributed by atoms with Gasteiger partial charge in [0.25, 0.3) is 0 Å². The molecule has 0 aromatic carbocycles. The van der Waals surface area contributed by atoms with Gasteiger partial charge in [0.15, 0.2) is 5.16 Å². The minimum Gasteiger partial charge on any atom is -0.497 e. The highest BCUT2D eigenvalue weighted by atomic mass is 32.2. The predicted octanol–water partition coefficient (Wildman–Crippen LogP) is 3.32. The van der Waals surface area contributed by atoms with Crippen molar-refractivity contribution in [2.75, 3.05) is 7.11 Å². The Bertz CT molecular complexity index is 633. The van der Waals surface area contributed by atoms with Crippen LogP contribution in [0.2, 0.25) is 0 Å². The normalized spacial score (nSPS) is 10.9. The molecule has 0 aliphatic rings. The van der Waals surface area contributed by atoms with E-state index in [2.05, 4.69) is 20.3 Å². The Morgan fingerprint density at radius 3 is 3.22 bits per heavy atom. The summed E-state index contributed by atoms with van der Waals surface area (Å²) in [6.45, 7) is 0. The number of aromatic amines is 1.